The van der Waals surface area contributed by atoms with Crippen LogP contribution in [0.2, 0.25) is 0 Å². The Morgan fingerprint density at radius 1 is 1.47 bits per heavy atom. The van der Waals surface area contributed by atoms with Gasteiger partial charge in [0.2, 0.25) is 5.91 Å². The van der Waals surface area contributed by atoms with Crippen LogP contribution in [0.3, 0.4) is 0 Å². The van der Waals surface area contributed by atoms with Crippen molar-refractivity contribution in [2.45, 2.75) is 6.04 Å². The van der Waals surface area contributed by atoms with E-state index in [1.54, 1.807) is 22.3 Å². The Bertz CT molecular complexity index is 380. The number of rotatable bonds is 3. The Labute approximate surface area is 92.1 Å². The van der Waals surface area contributed by atoms with Crippen LogP contribution in [-0.4, -0.2) is 22.3 Å². The van der Waals surface area contributed by atoms with E-state index in [4.69, 9.17) is 5.73 Å². The van der Waals surface area contributed by atoms with Gasteiger partial charge in [-0.15, -0.1) is 0 Å². The number of amides is 1. The fraction of sp³-hybridized carbons (Fsp3) is 0.200. The van der Waals surface area contributed by atoms with Crippen molar-refractivity contribution in [3.05, 3.63) is 35.9 Å². The lowest BCUT2D eigenvalue weighted by Gasteiger charge is -2.22. The van der Waals surface area contributed by atoms with Gasteiger partial charge in [-0.2, -0.15) is 5.10 Å². The molecular formula is C10H11N3OS. The van der Waals surface area contributed by atoms with Crippen molar-refractivity contribution in [3.8, 4) is 0 Å². The molecule has 1 atom stereocenters. The number of nitrogens with zero attached hydrogens (tertiary/aromatic N) is 2. The summed E-state index contributed by atoms with van der Waals surface area (Å²) < 4.78 is 0. The van der Waals surface area contributed by atoms with Crippen molar-refractivity contribution >= 4 is 23.2 Å². The average Bonchev–Trinajstić information content (AvgIpc) is 2.72. The number of carbonyl (C=O) groups is 1. The number of carbonyl (C=O) groups excluding carboxylic acids is 1. The van der Waals surface area contributed by atoms with Gasteiger partial charge in [-0.1, -0.05) is 42.1 Å². The van der Waals surface area contributed by atoms with E-state index >= 15 is 0 Å². The number of hydrogen-bond donors (Lipinski definition) is 1. The SMILES string of the molecule is NC(=O)C(c1ccccc1)N1CSC=N1. The minimum absolute atomic E-state index is 0.374. The van der Waals surface area contributed by atoms with Crippen LogP contribution in [-0.2, 0) is 4.79 Å². The van der Waals surface area contributed by atoms with E-state index in [1.165, 1.54) is 0 Å². The normalized spacial score (nSPS) is 16.7. The summed E-state index contributed by atoms with van der Waals surface area (Å²) in [5.74, 6) is 0.295. The molecule has 1 aliphatic rings. The first-order valence-corrected chi connectivity index (χ1v) is 5.59. The fourth-order valence-electron chi connectivity index (χ4n) is 1.50. The second-order valence-electron chi connectivity index (χ2n) is 3.17. The van der Waals surface area contributed by atoms with Crippen LogP contribution < -0.4 is 5.73 Å². The van der Waals surface area contributed by atoms with E-state index in [0.29, 0.717) is 5.88 Å². The molecule has 0 fully saturated rings. The third kappa shape index (κ3) is 2.12. The molecule has 0 spiro atoms. The third-order valence-electron chi connectivity index (χ3n) is 2.16. The predicted octanol–water partition coefficient (Wildman–Crippen LogP) is 1.16. The number of hydrazone groups is 1. The van der Waals surface area contributed by atoms with E-state index in [0.717, 1.165) is 5.56 Å². The second-order valence-corrected chi connectivity index (χ2v) is 3.97. The lowest BCUT2D eigenvalue weighted by Crippen LogP contribution is -2.33. The van der Waals surface area contributed by atoms with Crippen molar-refractivity contribution in [2.24, 2.45) is 10.8 Å². The molecule has 0 aromatic heterocycles. The van der Waals surface area contributed by atoms with Crippen molar-refractivity contribution < 1.29 is 4.79 Å². The van der Waals surface area contributed by atoms with Crippen molar-refractivity contribution in [1.82, 2.24) is 5.01 Å². The summed E-state index contributed by atoms with van der Waals surface area (Å²) >= 11 is 1.55. The Morgan fingerprint density at radius 2 is 2.20 bits per heavy atom. The van der Waals surface area contributed by atoms with E-state index in [2.05, 4.69) is 5.10 Å². The molecule has 0 bridgehead atoms. The molecule has 15 heavy (non-hydrogen) atoms. The summed E-state index contributed by atoms with van der Waals surface area (Å²) in [4.78, 5) is 11.4. The van der Waals surface area contributed by atoms with Gasteiger partial charge in [0.1, 0.15) is 0 Å². The maximum atomic E-state index is 11.4. The molecule has 2 N–H and O–H groups in total. The predicted molar refractivity (Wildman–Crippen MR) is 61.2 cm³/mol. The maximum Gasteiger partial charge on any atom is 0.246 e. The highest BCUT2D eigenvalue weighted by molar-refractivity contribution is 8.12. The molecule has 0 saturated carbocycles. The quantitative estimate of drug-likeness (QED) is 0.833. The number of thioether (sulfide) groups is 1. The number of benzene rings is 1. The van der Waals surface area contributed by atoms with Gasteiger partial charge in [-0.25, -0.2) is 0 Å². The molecule has 5 heteroatoms. The average molecular weight is 221 g/mol. The molecule has 0 radical (unpaired) electrons. The molecule has 1 unspecified atom stereocenters. The van der Waals surface area contributed by atoms with Gasteiger partial charge in [0.15, 0.2) is 6.04 Å². The molecule has 1 amide bonds. The molecule has 1 aromatic rings. The van der Waals surface area contributed by atoms with Gasteiger partial charge in [-0.3, -0.25) is 9.80 Å². The van der Waals surface area contributed by atoms with Gasteiger partial charge in [0.05, 0.1) is 11.4 Å². The summed E-state index contributed by atoms with van der Waals surface area (Å²) in [5.41, 5.74) is 7.99. The van der Waals surface area contributed by atoms with Gasteiger partial charge in [0, 0.05) is 0 Å². The van der Waals surface area contributed by atoms with Crippen LogP contribution in [0, 0.1) is 0 Å². The number of nitrogens with two attached hydrogens (primary N) is 1. The van der Waals surface area contributed by atoms with Crippen molar-refractivity contribution in [3.63, 3.8) is 0 Å². The van der Waals surface area contributed by atoms with Crippen LogP contribution in [0.25, 0.3) is 0 Å². The summed E-state index contributed by atoms with van der Waals surface area (Å²) in [6.07, 6.45) is 0. The lowest BCUT2D eigenvalue weighted by atomic mass is 10.1. The van der Waals surface area contributed by atoms with E-state index in [9.17, 15) is 4.79 Å². The van der Waals surface area contributed by atoms with E-state index in [-0.39, 0.29) is 5.91 Å². The molecule has 2 rings (SSSR count). The molecule has 1 aromatic carbocycles. The van der Waals surface area contributed by atoms with Gasteiger partial charge in [-0.05, 0) is 5.56 Å². The molecule has 4 nitrogen and oxygen atoms in total. The zero-order valence-corrected chi connectivity index (χ0v) is 8.85. The largest absolute Gasteiger partial charge is 0.368 e. The van der Waals surface area contributed by atoms with E-state index < -0.39 is 6.04 Å². The van der Waals surface area contributed by atoms with Crippen LogP contribution in [0.15, 0.2) is 35.4 Å². The molecule has 0 aliphatic carbocycles. The highest BCUT2D eigenvalue weighted by Crippen LogP contribution is 2.25. The lowest BCUT2D eigenvalue weighted by molar-refractivity contribution is -0.123. The molecule has 1 aliphatic heterocycles. The Kier molecular flexibility index (Phi) is 2.91. The van der Waals surface area contributed by atoms with Gasteiger partial charge < -0.3 is 5.73 Å². The summed E-state index contributed by atoms with van der Waals surface area (Å²) in [6.45, 7) is 0. The first-order chi connectivity index (χ1) is 7.29. The second kappa shape index (κ2) is 4.35. The smallest absolute Gasteiger partial charge is 0.246 e. The molecule has 78 valence electrons. The Hall–Kier alpha value is -1.49. The van der Waals surface area contributed by atoms with Gasteiger partial charge in [0.25, 0.3) is 0 Å². The van der Waals surface area contributed by atoms with Crippen LogP contribution in [0.5, 0.6) is 0 Å². The van der Waals surface area contributed by atoms with Crippen molar-refractivity contribution in [1.29, 1.82) is 0 Å². The zero-order chi connectivity index (χ0) is 10.7. The molecular weight excluding hydrogens is 210 g/mol. The van der Waals surface area contributed by atoms with E-state index in [1.807, 2.05) is 30.3 Å². The fourth-order valence-corrected chi connectivity index (χ4v) is 2.12. The maximum absolute atomic E-state index is 11.4. The minimum Gasteiger partial charge on any atom is -0.368 e. The number of hydrogen-bond acceptors (Lipinski definition) is 4. The van der Waals surface area contributed by atoms with Crippen molar-refractivity contribution in [2.75, 3.05) is 5.88 Å². The third-order valence-corrected chi connectivity index (χ3v) is 2.82. The van der Waals surface area contributed by atoms with Crippen LogP contribution in [0.1, 0.15) is 11.6 Å². The standard InChI is InChI=1S/C10H11N3OS/c11-10(14)9(13-7-15-6-12-13)8-4-2-1-3-5-8/h1-6,9H,7H2,(H2,11,14). The molecule has 1 heterocycles. The summed E-state index contributed by atoms with van der Waals surface area (Å²) in [6, 6.07) is 8.99. The first kappa shape index (κ1) is 10.0. The van der Waals surface area contributed by atoms with Crippen LogP contribution >= 0.6 is 11.8 Å². The highest BCUT2D eigenvalue weighted by Gasteiger charge is 2.26. The topological polar surface area (TPSA) is 58.7 Å². The van der Waals surface area contributed by atoms with Crippen LogP contribution in [0.4, 0.5) is 0 Å². The number of primary amides is 1. The summed E-state index contributed by atoms with van der Waals surface area (Å²) in [7, 11) is 0. The monoisotopic (exact) mass is 221 g/mol. The molecule has 0 saturated heterocycles. The first-order valence-electron chi connectivity index (χ1n) is 4.54. The Morgan fingerprint density at radius 3 is 2.73 bits per heavy atom. The van der Waals surface area contributed by atoms with Gasteiger partial charge >= 0.3 is 0 Å². The minimum atomic E-state index is -0.461. The zero-order valence-electron chi connectivity index (χ0n) is 8.04. The highest BCUT2D eigenvalue weighted by atomic mass is 32.2. The summed E-state index contributed by atoms with van der Waals surface area (Å²) in [5, 5.41) is 5.80. The Balaban J connectivity index is 2.27.